The lowest BCUT2D eigenvalue weighted by molar-refractivity contribution is -0.168. The van der Waals surface area contributed by atoms with Gasteiger partial charge in [0.15, 0.2) is 12.1 Å². The maximum Gasteiger partial charge on any atom is 0.313 e. The zero-order valence-corrected chi connectivity index (χ0v) is 29.2. The smallest absolute Gasteiger partial charge is 0.313 e. The SMILES string of the molecule is CC(C)(C)c1ccc(C=O)s1.CNC(Cc1ccc(-c2ncc(-c3ccc(O)cc3F)cn2)cc1)C(=O)N1CC(C(=O)OC(C)(C)C)C1. The van der Waals surface area contributed by atoms with Crippen molar-refractivity contribution in [3.05, 3.63) is 88.1 Å². The molecule has 1 saturated heterocycles. The Kier molecular flexibility index (Phi) is 11.5. The van der Waals surface area contributed by atoms with E-state index in [4.69, 9.17) is 4.74 Å². The zero-order chi connectivity index (χ0) is 35.2. The summed E-state index contributed by atoms with van der Waals surface area (Å²) in [7, 11) is 1.74. The number of ether oxygens (including phenoxy) is 1. The molecule has 2 aromatic carbocycles. The van der Waals surface area contributed by atoms with Gasteiger partial charge in [0.2, 0.25) is 5.91 Å². The number of aldehydes is 1. The predicted molar refractivity (Wildman–Crippen MR) is 185 cm³/mol. The molecule has 5 rings (SSSR count). The van der Waals surface area contributed by atoms with Crippen molar-refractivity contribution in [2.45, 2.75) is 65.0 Å². The normalized spacial score (nSPS) is 14.0. The number of likely N-dealkylation sites (N-methyl/N-ethyl adjacent to an activating group) is 1. The standard InChI is InChI=1S/C28H31FN4O4.C9H12OS/c1-28(2,3)37-27(36)20-15-33(16-20)26(35)24(30-4)11-17-5-7-18(8-6-17)25-31-13-19(14-32-25)22-10-9-21(34)12-23(22)29;1-9(2,3)8-5-4-7(6-10)11-8/h5-10,12-14,20,24,30,34H,11,15-16H2,1-4H3;4-6H,1-3H3. The van der Waals surface area contributed by atoms with E-state index in [1.165, 1.54) is 17.0 Å². The Morgan fingerprint density at radius 3 is 2.17 bits per heavy atom. The van der Waals surface area contributed by atoms with Crippen LogP contribution >= 0.6 is 11.3 Å². The number of rotatable bonds is 8. The number of hydrogen-bond donors (Lipinski definition) is 2. The van der Waals surface area contributed by atoms with Crippen LogP contribution in [0.1, 0.15) is 61.7 Å². The molecular formula is C37H43FN4O5S. The van der Waals surface area contributed by atoms with Crippen molar-refractivity contribution in [2.75, 3.05) is 20.1 Å². The highest BCUT2D eigenvalue weighted by Crippen LogP contribution is 2.29. The van der Waals surface area contributed by atoms with Gasteiger partial charge in [0.05, 0.1) is 16.8 Å². The lowest BCUT2D eigenvalue weighted by Gasteiger charge is -2.40. The predicted octanol–water partition coefficient (Wildman–Crippen LogP) is 6.44. The minimum absolute atomic E-state index is 0.0493. The Morgan fingerprint density at radius 1 is 1.02 bits per heavy atom. The number of benzene rings is 2. The van der Waals surface area contributed by atoms with Crippen molar-refractivity contribution in [3.8, 4) is 28.3 Å². The van der Waals surface area contributed by atoms with Gasteiger partial charge < -0.3 is 20.1 Å². The Labute approximate surface area is 285 Å². The number of aromatic nitrogens is 2. The summed E-state index contributed by atoms with van der Waals surface area (Å²) in [6.45, 7) is 12.7. The first kappa shape index (κ1) is 36.4. The first-order chi connectivity index (χ1) is 22.6. The van der Waals surface area contributed by atoms with Gasteiger partial charge in [-0.05, 0) is 69.5 Å². The molecule has 4 aromatic rings. The van der Waals surface area contributed by atoms with Gasteiger partial charge in [0.1, 0.15) is 17.2 Å². The highest BCUT2D eigenvalue weighted by Gasteiger charge is 2.40. The average molecular weight is 675 g/mol. The van der Waals surface area contributed by atoms with Gasteiger partial charge in [-0.3, -0.25) is 14.4 Å². The van der Waals surface area contributed by atoms with Crippen molar-refractivity contribution in [2.24, 2.45) is 5.92 Å². The second-order valence-corrected chi connectivity index (χ2v) is 14.9. The maximum absolute atomic E-state index is 14.1. The van der Waals surface area contributed by atoms with Crippen molar-refractivity contribution in [1.29, 1.82) is 0 Å². The van der Waals surface area contributed by atoms with Crippen LogP contribution in [0.3, 0.4) is 0 Å². The molecule has 1 unspecified atom stereocenters. The molecule has 1 aliphatic heterocycles. The monoisotopic (exact) mass is 674 g/mol. The van der Waals surface area contributed by atoms with Gasteiger partial charge >= 0.3 is 5.97 Å². The van der Waals surface area contributed by atoms with E-state index in [9.17, 15) is 23.9 Å². The van der Waals surface area contributed by atoms with E-state index in [1.54, 1.807) is 35.7 Å². The Morgan fingerprint density at radius 2 is 1.67 bits per heavy atom. The summed E-state index contributed by atoms with van der Waals surface area (Å²) in [5.74, 6) is -0.798. The third-order valence-electron chi connectivity index (χ3n) is 7.63. The molecule has 1 atom stereocenters. The van der Waals surface area contributed by atoms with Gasteiger partial charge in [0, 0.05) is 53.1 Å². The number of esters is 1. The summed E-state index contributed by atoms with van der Waals surface area (Å²) < 4.78 is 19.5. The molecule has 0 saturated carbocycles. The highest BCUT2D eigenvalue weighted by atomic mass is 32.1. The van der Waals surface area contributed by atoms with Crippen LogP contribution in [0, 0.1) is 11.7 Å². The number of likely N-dealkylation sites (tertiary alicyclic amines) is 1. The fourth-order valence-corrected chi connectivity index (χ4v) is 5.81. The molecule has 11 heteroatoms. The average Bonchev–Trinajstić information content (AvgIpc) is 3.50. The quantitative estimate of drug-likeness (QED) is 0.162. The number of carbonyl (C=O) groups excluding carboxylic acids is 3. The molecule has 1 fully saturated rings. The van der Waals surface area contributed by atoms with Crippen LogP contribution < -0.4 is 5.32 Å². The van der Waals surface area contributed by atoms with Crippen LogP contribution in [-0.2, 0) is 26.2 Å². The van der Waals surface area contributed by atoms with Crippen LogP contribution in [0.5, 0.6) is 5.75 Å². The zero-order valence-electron chi connectivity index (χ0n) is 28.4. The van der Waals surface area contributed by atoms with E-state index >= 15 is 0 Å². The molecule has 0 aliphatic carbocycles. The minimum Gasteiger partial charge on any atom is -0.508 e. The molecule has 9 nitrogen and oxygen atoms in total. The Bertz CT molecular complexity index is 1720. The lowest BCUT2D eigenvalue weighted by atomic mass is 9.95. The van der Waals surface area contributed by atoms with E-state index < -0.39 is 17.5 Å². The number of aromatic hydroxyl groups is 1. The molecule has 2 N–H and O–H groups in total. The number of nitrogens with zero attached hydrogens (tertiary/aromatic N) is 3. The van der Waals surface area contributed by atoms with Crippen LogP contribution in [0.4, 0.5) is 4.39 Å². The van der Waals surface area contributed by atoms with E-state index in [2.05, 4.69) is 36.1 Å². The largest absolute Gasteiger partial charge is 0.508 e. The maximum atomic E-state index is 14.1. The molecule has 1 amide bonds. The van der Waals surface area contributed by atoms with Gasteiger partial charge in [0.25, 0.3) is 0 Å². The van der Waals surface area contributed by atoms with Gasteiger partial charge in [-0.1, -0.05) is 45.0 Å². The molecule has 2 aromatic heterocycles. The first-order valence-corrected chi connectivity index (χ1v) is 16.5. The molecular weight excluding hydrogens is 631 g/mol. The molecule has 3 heterocycles. The summed E-state index contributed by atoms with van der Waals surface area (Å²) in [4.78, 5) is 48.0. The summed E-state index contributed by atoms with van der Waals surface area (Å²) in [5, 5.41) is 12.5. The van der Waals surface area contributed by atoms with E-state index in [0.29, 0.717) is 36.5 Å². The van der Waals surface area contributed by atoms with Crippen LogP contribution in [0.15, 0.2) is 67.0 Å². The highest BCUT2D eigenvalue weighted by molar-refractivity contribution is 7.13. The van der Waals surface area contributed by atoms with E-state index in [-0.39, 0.29) is 29.0 Å². The molecule has 254 valence electrons. The van der Waals surface area contributed by atoms with E-state index in [1.807, 2.05) is 57.2 Å². The molecule has 1 aliphatic rings. The van der Waals surface area contributed by atoms with Crippen LogP contribution in [0.2, 0.25) is 0 Å². The number of amides is 1. The van der Waals surface area contributed by atoms with E-state index in [0.717, 1.165) is 28.4 Å². The Balaban J connectivity index is 0.000000401. The first-order valence-electron chi connectivity index (χ1n) is 15.7. The summed E-state index contributed by atoms with van der Waals surface area (Å²) in [5.41, 5.74) is 2.20. The van der Waals surface area contributed by atoms with Crippen molar-refractivity contribution in [3.63, 3.8) is 0 Å². The van der Waals surface area contributed by atoms with Crippen molar-refractivity contribution in [1.82, 2.24) is 20.2 Å². The number of thiophene rings is 1. The third kappa shape index (κ3) is 9.54. The molecule has 0 spiro atoms. The number of nitrogens with one attached hydrogen (secondary N) is 1. The molecule has 0 bridgehead atoms. The summed E-state index contributed by atoms with van der Waals surface area (Å²) >= 11 is 1.57. The number of halogens is 1. The minimum atomic E-state index is -0.548. The second-order valence-electron chi connectivity index (χ2n) is 13.7. The molecule has 48 heavy (non-hydrogen) atoms. The third-order valence-corrected chi connectivity index (χ3v) is 9.07. The molecule has 0 radical (unpaired) electrons. The van der Waals surface area contributed by atoms with Crippen LogP contribution in [0.25, 0.3) is 22.5 Å². The number of phenolic OH excluding ortho intramolecular Hbond substituents is 1. The van der Waals surface area contributed by atoms with Crippen LogP contribution in [-0.4, -0.2) is 69.9 Å². The number of phenols is 1. The summed E-state index contributed by atoms with van der Waals surface area (Å²) in [6.07, 6.45) is 4.47. The summed E-state index contributed by atoms with van der Waals surface area (Å²) in [6, 6.07) is 15.0. The lowest BCUT2D eigenvalue weighted by Crippen LogP contribution is -2.58. The number of hydrogen-bond acceptors (Lipinski definition) is 9. The van der Waals surface area contributed by atoms with Gasteiger partial charge in [-0.2, -0.15) is 0 Å². The van der Waals surface area contributed by atoms with Gasteiger partial charge in [-0.15, -0.1) is 11.3 Å². The van der Waals surface area contributed by atoms with Gasteiger partial charge in [-0.25, -0.2) is 14.4 Å². The Hall–Kier alpha value is -4.48. The van der Waals surface area contributed by atoms with Crippen molar-refractivity contribution >= 4 is 29.5 Å². The number of carbonyl (C=O) groups is 3. The fourth-order valence-electron chi connectivity index (χ4n) is 4.93. The topological polar surface area (TPSA) is 122 Å². The van der Waals surface area contributed by atoms with Crippen molar-refractivity contribution < 1.29 is 28.6 Å². The fraction of sp³-hybridized carbons (Fsp3) is 0.378. The second kappa shape index (κ2) is 15.2.